The van der Waals surface area contributed by atoms with Gasteiger partial charge < -0.3 is 75.5 Å². The fourth-order valence-electron chi connectivity index (χ4n) is 14.2. The van der Waals surface area contributed by atoms with Gasteiger partial charge in [-0.05, 0) is 228 Å². The SMILES string of the molecule is CC(C=CC1=C(C)CCCC1(C)C)=CC=CC(C)=CC(=O)NC(CCCCN)C(=O)NCCOCCOCCNC(=O)CCOCCOCCOCCOCCC(=O)NCCOCCOCCNC(=O)C(CCCCN=C(C)/C=C(C)/C=C/C=C(C)/C=C/C1=C(C)CCCC1(C)C)NC(=O)C=C(C)C=CC=C(C)C=CC1=C(C)CCCC1(C)C. The molecule has 8 N–H and O–H groups in total. The molecule has 2 atom stereocenters. The molecule has 0 spiro atoms. The molecule has 0 bridgehead atoms. The summed E-state index contributed by atoms with van der Waals surface area (Å²) in [5, 5.41) is 17.2. The van der Waals surface area contributed by atoms with Crippen LogP contribution in [0.5, 0.6) is 0 Å². The fourth-order valence-corrected chi connectivity index (χ4v) is 14.2. The van der Waals surface area contributed by atoms with Crippen LogP contribution in [0.2, 0.25) is 0 Å². The number of amides is 6. The molecule has 0 fully saturated rings. The molecule has 0 saturated carbocycles. The number of carbonyl (C=O) groups excluding carboxylic acids is 6. The van der Waals surface area contributed by atoms with Gasteiger partial charge >= 0.3 is 0 Å². The highest BCUT2D eigenvalue weighted by Crippen LogP contribution is 2.43. The molecule has 119 heavy (non-hydrogen) atoms. The highest BCUT2D eigenvalue weighted by Gasteiger charge is 2.29. The molecule has 3 aliphatic carbocycles. The van der Waals surface area contributed by atoms with Crippen LogP contribution in [-0.2, 0) is 66.7 Å². The number of unbranched alkanes of at least 4 members (excludes halogenated alkanes) is 2. The fraction of sp³-hybridized carbons (Fsp3) is 0.619. The van der Waals surface area contributed by atoms with E-state index in [1.54, 1.807) is 0 Å². The molecule has 0 heterocycles. The van der Waals surface area contributed by atoms with Crippen molar-refractivity contribution in [2.45, 2.75) is 232 Å². The zero-order valence-corrected chi connectivity index (χ0v) is 75.9. The minimum atomic E-state index is -0.754. The van der Waals surface area contributed by atoms with E-state index < -0.39 is 12.1 Å². The zero-order valence-electron chi connectivity index (χ0n) is 75.9. The topological polar surface area (TPSA) is 287 Å². The molecule has 22 nitrogen and oxygen atoms in total. The number of aliphatic imine (C=N–C) groups is 1. The maximum atomic E-state index is 13.6. The van der Waals surface area contributed by atoms with E-state index in [4.69, 9.17) is 48.6 Å². The van der Waals surface area contributed by atoms with Crippen LogP contribution in [0.1, 0.15) is 220 Å². The van der Waals surface area contributed by atoms with Gasteiger partial charge in [0.25, 0.3) is 0 Å². The molecule has 0 radical (unpaired) electrons. The molecule has 0 aromatic rings. The Labute approximate surface area is 716 Å². The van der Waals surface area contributed by atoms with Gasteiger partial charge in [0, 0.05) is 63.4 Å². The Kier molecular flexibility index (Phi) is 55.2. The molecule has 6 amide bonds. The molecule has 22 heteroatoms. The Bertz CT molecular complexity index is 3620. The molecule has 0 aromatic carbocycles. The maximum Gasteiger partial charge on any atom is 0.244 e. The highest BCUT2D eigenvalue weighted by molar-refractivity contribution is 5.95. The summed E-state index contributed by atoms with van der Waals surface area (Å²) < 4.78 is 44.8. The molecule has 0 aliphatic heterocycles. The van der Waals surface area contributed by atoms with Gasteiger partial charge in [-0.25, -0.2) is 0 Å². The quantitative estimate of drug-likeness (QED) is 0.0129. The van der Waals surface area contributed by atoms with Gasteiger partial charge in [-0.2, -0.15) is 0 Å². The summed E-state index contributed by atoms with van der Waals surface area (Å²) in [7, 11) is 0. The summed E-state index contributed by atoms with van der Waals surface area (Å²) in [5.74, 6) is -1.58. The van der Waals surface area contributed by atoms with Crippen molar-refractivity contribution in [3.05, 3.63) is 176 Å². The average Bonchev–Trinajstić information content (AvgIpc) is 0.832. The Morgan fingerprint density at radius 3 is 1.02 bits per heavy atom. The van der Waals surface area contributed by atoms with Crippen molar-refractivity contribution in [2.75, 3.05) is 145 Å². The highest BCUT2D eigenvalue weighted by atomic mass is 16.6. The number of rotatable bonds is 61. The first-order valence-corrected chi connectivity index (χ1v) is 43.7. The van der Waals surface area contributed by atoms with Crippen LogP contribution in [0, 0.1) is 16.2 Å². The Morgan fingerprint density at radius 1 is 0.387 bits per heavy atom. The summed E-state index contributed by atoms with van der Waals surface area (Å²) in [5.41, 5.74) is 21.9. The van der Waals surface area contributed by atoms with E-state index in [1.807, 2.05) is 57.2 Å². The number of hydrogen-bond donors (Lipinski definition) is 7. The summed E-state index contributed by atoms with van der Waals surface area (Å²) in [6, 6.07) is -1.46. The first-order valence-electron chi connectivity index (χ1n) is 43.7. The largest absolute Gasteiger partial charge is 0.379 e. The number of ether oxygens (including phenoxy) is 8. The van der Waals surface area contributed by atoms with Crippen LogP contribution >= 0.6 is 0 Å². The summed E-state index contributed by atoms with van der Waals surface area (Å²) in [6.07, 6.45) is 51.3. The van der Waals surface area contributed by atoms with Gasteiger partial charge in [-0.1, -0.05) is 166 Å². The molecule has 3 rings (SSSR count). The van der Waals surface area contributed by atoms with Gasteiger partial charge in [0.2, 0.25) is 35.4 Å². The molecule has 0 aromatic heterocycles. The summed E-state index contributed by atoms with van der Waals surface area (Å²) in [4.78, 5) is 82.5. The van der Waals surface area contributed by atoms with Crippen molar-refractivity contribution in [3.8, 4) is 0 Å². The minimum Gasteiger partial charge on any atom is -0.379 e. The van der Waals surface area contributed by atoms with Crippen LogP contribution in [-0.4, -0.2) is 198 Å². The van der Waals surface area contributed by atoms with Crippen LogP contribution < -0.4 is 37.6 Å². The average molecular weight is 1660 g/mol. The van der Waals surface area contributed by atoms with E-state index in [1.165, 1.54) is 96.1 Å². The van der Waals surface area contributed by atoms with Crippen molar-refractivity contribution in [1.82, 2.24) is 31.9 Å². The normalized spacial score (nSPS) is 17.3. The van der Waals surface area contributed by atoms with E-state index >= 15 is 0 Å². The minimum absolute atomic E-state index is 0.157. The lowest BCUT2D eigenvalue weighted by atomic mass is 9.72. The van der Waals surface area contributed by atoms with Crippen molar-refractivity contribution in [1.29, 1.82) is 0 Å². The lowest BCUT2D eigenvalue weighted by Crippen LogP contribution is -2.47. The molecular formula is C97H154N8O14. The lowest BCUT2D eigenvalue weighted by molar-refractivity contribution is -0.127. The van der Waals surface area contributed by atoms with Gasteiger partial charge in [-0.15, -0.1) is 0 Å². The van der Waals surface area contributed by atoms with Crippen molar-refractivity contribution in [3.63, 3.8) is 0 Å². The standard InChI is InChI=1S/C97H154N8O14/c1-74(38-41-84-80(7)33-24-46-95(84,11)12)27-21-30-77(4)71-83(10)99-50-20-18-37-88(105-92(109)73-79(6)32-23-29-76(3)40-43-86-82(9)35-26-48-97(86,15)16)94(111)103-54-60-117-66-64-115-58-52-101-90(107)45-56-113-62-68-119-70-69-118-67-61-112-55-44-89(106)100-51-57-114-63-65-116-59-53-102-93(110)87(36-17-19-49-98)104-91(108)72-78(5)31-22-28-75(2)39-42-85-81(8)34-25-47-96(85,13)14/h21-23,27-32,38-43,71-73,87-88H,17-20,24-26,33-37,44-70,98H2,1-16H3,(H,100,106)(H,101,107)(H,102,110)(H,103,111)(H,104,108)(H,105,109)/b30-21+,31-22?,32-23?,41-38+,42-39?,43-40?,74-27+,75-28?,76-29?,77-71+,78-72?,79-73?,99-83?. The number of carbonyl (C=O) groups is 6. The van der Waals surface area contributed by atoms with Crippen LogP contribution in [0.3, 0.4) is 0 Å². The Balaban J connectivity index is 1.21. The third kappa shape index (κ3) is 50.3. The van der Waals surface area contributed by atoms with E-state index in [0.29, 0.717) is 131 Å². The first-order chi connectivity index (χ1) is 56.9. The second-order valence-corrected chi connectivity index (χ2v) is 33.4. The van der Waals surface area contributed by atoms with Gasteiger partial charge in [0.15, 0.2) is 0 Å². The monoisotopic (exact) mass is 1660 g/mol. The van der Waals surface area contributed by atoms with E-state index in [0.717, 1.165) is 59.3 Å². The predicted molar refractivity (Wildman–Crippen MR) is 485 cm³/mol. The zero-order chi connectivity index (χ0) is 87.5. The maximum absolute atomic E-state index is 13.6. The van der Waals surface area contributed by atoms with Gasteiger partial charge in [0.1, 0.15) is 12.1 Å². The Hall–Kier alpha value is -7.77. The van der Waals surface area contributed by atoms with Crippen molar-refractivity contribution < 1.29 is 66.7 Å². The number of nitrogens with two attached hydrogens (primary N) is 1. The second-order valence-electron chi connectivity index (χ2n) is 33.4. The smallest absolute Gasteiger partial charge is 0.244 e. The second kappa shape index (κ2) is 62.4. The summed E-state index contributed by atoms with van der Waals surface area (Å²) in [6.45, 7) is 41.9. The summed E-state index contributed by atoms with van der Waals surface area (Å²) >= 11 is 0. The Morgan fingerprint density at radius 2 is 0.689 bits per heavy atom. The lowest BCUT2D eigenvalue weighted by Gasteiger charge is -2.33. The molecule has 0 saturated heterocycles. The first kappa shape index (κ1) is 105. The number of hydrogen-bond acceptors (Lipinski definition) is 16. The van der Waals surface area contributed by atoms with E-state index in [9.17, 15) is 28.8 Å². The van der Waals surface area contributed by atoms with Crippen molar-refractivity contribution in [2.24, 2.45) is 27.0 Å². The number of allylic oxidation sites excluding steroid dienone is 28. The van der Waals surface area contributed by atoms with Gasteiger partial charge in [-0.3, -0.25) is 33.8 Å². The number of nitrogens with zero attached hydrogens (tertiary/aromatic N) is 1. The third-order valence-corrected chi connectivity index (χ3v) is 21.0. The van der Waals surface area contributed by atoms with Crippen LogP contribution in [0.15, 0.2) is 181 Å². The molecule has 666 valence electrons. The van der Waals surface area contributed by atoms with E-state index in [2.05, 4.69) is 183 Å². The van der Waals surface area contributed by atoms with Crippen LogP contribution in [0.25, 0.3) is 0 Å². The molecule has 2 unspecified atom stereocenters. The van der Waals surface area contributed by atoms with Crippen LogP contribution in [0.4, 0.5) is 0 Å². The van der Waals surface area contributed by atoms with Gasteiger partial charge in [0.05, 0.1) is 106 Å². The molecular weight excluding hydrogens is 1500 g/mol. The van der Waals surface area contributed by atoms with E-state index in [-0.39, 0.29) is 104 Å². The predicted octanol–water partition coefficient (Wildman–Crippen LogP) is 15.7. The molecule has 3 aliphatic rings. The number of nitrogens with one attached hydrogen (secondary N) is 6. The third-order valence-electron chi connectivity index (χ3n) is 21.0. The van der Waals surface area contributed by atoms with Crippen molar-refractivity contribution >= 4 is 41.2 Å².